The lowest BCUT2D eigenvalue weighted by atomic mass is 10.2. The normalized spacial score (nSPS) is 10.7. The topological polar surface area (TPSA) is 32.3 Å². The van der Waals surface area contributed by atoms with E-state index >= 15 is 0 Å². The molecule has 0 aliphatic carbocycles. The van der Waals surface area contributed by atoms with Crippen LogP contribution in [0, 0.1) is 0 Å². The average Bonchev–Trinajstić information content (AvgIpc) is 2.29. The molecular formula is C13H10NO. The summed E-state index contributed by atoms with van der Waals surface area (Å²) >= 11 is 0. The number of rotatable bonds is 2. The van der Waals surface area contributed by atoms with Crippen molar-refractivity contribution < 1.29 is 5.11 Å². The third-order valence-corrected chi connectivity index (χ3v) is 2.03. The molecule has 0 aliphatic heterocycles. The van der Waals surface area contributed by atoms with Crippen LogP contribution in [0.4, 0.5) is 5.69 Å². The Hall–Kier alpha value is -2.09. The lowest BCUT2D eigenvalue weighted by Crippen LogP contribution is -1.79. The molecule has 2 aromatic rings. The van der Waals surface area contributed by atoms with Crippen LogP contribution in [-0.4, -0.2) is 6.21 Å². The number of hydrogen-bond donors (Lipinski definition) is 0. The molecule has 0 N–H and O–H groups in total. The highest BCUT2D eigenvalue weighted by Crippen LogP contribution is 2.16. The van der Waals surface area contributed by atoms with Crippen molar-refractivity contribution >= 4 is 11.9 Å². The molecule has 0 aromatic heterocycles. The molecule has 2 rings (SSSR count). The quantitative estimate of drug-likeness (QED) is 0.657. The van der Waals surface area contributed by atoms with Gasteiger partial charge in [0.15, 0.2) is 5.75 Å². The molecule has 0 unspecified atom stereocenters. The first-order valence-corrected chi connectivity index (χ1v) is 4.71. The van der Waals surface area contributed by atoms with Crippen LogP contribution in [-0.2, 0) is 5.11 Å². The number of benzene rings is 2. The third-order valence-electron chi connectivity index (χ3n) is 2.03. The van der Waals surface area contributed by atoms with Crippen molar-refractivity contribution in [2.75, 3.05) is 0 Å². The van der Waals surface area contributed by atoms with E-state index in [0.29, 0.717) is 5.56 Å². The van der Waals surface area contributed by atoms with Crippen LogP contribution in [0.2, 0.25) is 0 Å². The van der Waals surface area contributed by atoms with Gasteiger partial charge in [-0.2, -0.15) is 0 Å². The third kappa shape index (κ3) is 2.44. The summed E-state index contributed by atoms with van der Waals surface area (Å²) in [6, 6.07) is 16.4. The predicted octanol–water partition coefficient (Wildman–Crippen LogP) is 3.58. The second-order valence-corrected chi connectivity index (χ2v) is 3.13. The zero-order valence-electron chi connectivity index (χ0n) is 8.13. The molecule has 2 nitrogen and oxygen atoms in total. The Kier molecular flexibility index (Phi) is 2.79. The van der Waals surface area contributed by atoms with Gasteiger partial charge < -0.3 is 0 Å². The number of hydrogen-bond acceptors (Lipinski definition) is 1. The maximum atomic E-state index is 11.3. The van der Waals surface area contributed by atoms with Crippen LogP contribution in [0.15, 0.2) is 59.6 Å². The molecule has 73 valence electrons. The van der Waals surface area contributed by atoms with Crippen molar-refractivity contribution in [3.8, 4) is 5.75 Å². The highest BCUT2D eigenvalue weighted by Gasteiger charge is 1.96. The molecule has 2 heteroatoms. The Balaban J connectivity index is 2.23. The van der Waals surface area contributed by atoms with E-state index in [1.165, 1.54) is 6.07 Å². The maximum absolute atomic E-state index is 11.3. The zero-order chi connectivity index (χ0) is 10.5. The molecule has 0 amide bonds. The Morgan fingerprint density at radius 3 is 2.27 bits per heavy atom. The molecule has 2 aromatic carbocycles. The lowest BCUT2D eigenvalue weighted by Gasteiger charge is -1.94. The van der Waals surface area contributed by atoms with Gasteiger partial charge in [-0.25, -0.2) is 0 Å². The fourth-order valence-corrected chi connectivity index (χ4v) is 1.25. The smallest absolute Gasteiger partial charge is 0.187 e. The van der Waals surface area contributed by atoms with Gasteiger partial charge in [-0.1, -0.05) is 30.3 Å². The van der Waals surface area contributed by atoms with Crippen LogP contribution < -0.4 is 0 Å². The summed E-state index contributed by atoms with van der Waals surface area (Å²) < 4.78 is 0. The van der Waals surface area contributed by atoms with Gasteiger partial charge in [0.1, 0.15) is 0 Å². The minimum absolute atomic E-state index is 0.00261. The SMILES string of the molecule is [O]c1ccccc1C=Nc1ccccc1. The van der Waals surface area contributed by atoms with Crippen molar-refractivity contribution in [3.63, 3.8) is 0 Å². The molecule has 15 heavy (non-hydrogen) atoms. The predicted molar refractivity (Wildman–Crippen MR) is 60.3 cm³/mol. The van der Waals surface area contributed by atoms with Gasteiger partial charge in [0, 0.05) is 11.8 Å². The van der Waals surface area contributed by atoms with Gasteiger partial charge in [-0.3, -0.25) is 10.1 Å². The highest BCUT2D eigenvalue weighted by atomic mass is 16.3. The Morgan fingerprint density at radius 2 is 1.53 bits per heavy atom. The van der Waals surface area contributed by atoms with Gasteiger partial charge in [-0.15, -0.1) is 0 Å². The highest BCUT2D eigenvalue weighted by molar-refractivity contribution is 5.85. The zero-order valence-corrected chi connectivity index (χ0v) is 8.13. The average molecular weight is 196 g/mol. The van der Waals surface area contributed by atoms with Crippen molar-refractivity contribution in [1.29, 1.82) is 0 Å². The first-order valence-electron chi connectivity index (χ1n) is 4.71. The van der Waals surface area contributed by atoms with Gasteiger partial charge in [0.25, 0.3) is 0 Å². The van der Waals surface area contributed by atoms with Crippen molar-refractivity contribution in [2.24, 2.45) is 4.99 Å². The molecule has 1 radical (unpaired) electrons. The van der Waals surface area contributed by atoms with E-state index in [9.17, 15) is 5.11 Å². The summed E-state index contributed by atoms with van der Waals surface area (Å²) in [5, 5.41) is 11.3. The van der Waals surface area contributed by atoms with E-state index < -0.39 is 0 Å². The van der Waals surface area contributed by atoms with Crippen LogP contribution >= 0.6 is 0 Å². The molecule has 0 atom stereocenters. The number of para-hydroxylation sites is 2. The molecule has 0 saturated heterocycles. The summed E-state index contributed by atoms with van der Waals surface area (Å²) in [6.07, 6.45) is 1.59. The summed E-state index contributed by atoms with van der Waals surface area (Å²) in [5.41, 5.74) is 1.46. The minimum Gasteiger partial charge on any atom is -0.289 e. The van der Waals surface area contributed by atoms with E-state index in [0.717, 1.165) is 5.69 Å². The summed E-state index contributed by atoms with van der Waals surface area (Å²) in [5.74, 6) is -0.00261. The van der Waals surface area contributed by atoms with E-state index in [1.807, 2.05) is 36.4 Å². The second-order valence-electron chi connectivity index (χ2n) is 3.13. The summed E-state index contributed by atoms with van der Waals surface area (Å²) in [7, 11) is 0. The molecule has 0 heterocycles. The standard InChI is InChI=1S/C13H10NO/c15-13-9-5-4-6-11(13)10-14-12-7-2-1-3-8-12/h1-10H. The molecule has 0 fully saturated rings. The van der Waals surface area contributed by atoms with E-state index in [4.69, 9.17) is 0 Å². The van der Waals surface area contributed by atoms with E-state index in [1.54, 1.807) is 18.3 Å². The van der Waals surface area contributed by atoms with Crippen LogP contribution in [0.25, 0.3) is 0 Å². The Bertz CT molecular complexity index is 463. The molecule has 0 saturated carbocycles. The van der Waals surface area contributed by atoms with E-state index in [2.05, 4.69) is 4.99 Å². The van der Waals surface area contributed by atoms with E-state index in [-0.39, 0.29) is 5.75 Å². The van der Waals surface area contributed by atoms with Crippen LogP contribution in [0.5, 0.6) is 5.75 Å². The van der Waals surface area contributed by atoms with Crippen molar-refractivity contribution in [3.05, 3.63) is 60.2 Å². The first-order chi connectivity index (χ1) is 7.36. The number of nitrogens with zero attached hydrogens (tertiary/aromatic N) is 1. The second kappa shape index (κ2) is 4.42. The molecule has 0 aliphatic rings. The van der Waals surface area contributed by atoms with Gasteiger partial charge in [-0.05, 0) is 24.3 Å². The minimum atomic E-state index is -0.00261. The fourth-order valence-electron chi connectivity index (χ4n) is 1.25. The largest absolute Gasteiger partial charge is 0.289 e. The van der Waals surface area contributed by atoms with Crippen molar-refractivity contribution in [2.45, 2.75) is 0 Å². The molecule has 0 bridgehead atoms. The van der Waals surface area contributed by atoms with Gasteiger partial charge in [0.2, 0.25) is 0 Å². The Labute approximate surface area is 88.5 Å². The van der Waals surface area contributed by atoms with Crippen molar-refractivity contribution in [1.82, 2.24) is 0 Å². The molecule has 0 spiro atoms. The maximum Gasteiger partial charge on any atom is 0.187 e. The van der Waals surface area contributed by atoms with Gasteiger partial charge in [0.05, 0.1) is 5.69 Å². The number of aliphatic imine (C=N–C) groups is 1. The Morgan fingerprint density at radius 1 is 0.867 bits per heavy atom. The van der Waals surface area contributed by atoms with Gasteiger partial charge >= 0.3 is 0 Å². The lowest BCUT2D eigenvalue weighted by molar-refractivity contribution is 0.354. The monoisotopic (exact) mass is 196 g/mol. The molecular weight excluding hydrogens is 186 g/mol. The van der Waals surface area contributed by atoms with Crippen LogP contribution in [0.3, 0.4) is 0 Å². The first kappa shape index (κ1) is 9.46. The summed E-state index contributed by atoms with van der Waals surface area (Å²) in [6.45, 7) is 0. The summed E-state index contributed by atoms with van der Waals surface area (Å²) in [4.78, 5) is 4.21. The fraction of sp³-hybridized carbons (Fsp3) is 0. The van der Waals surface area contributed by atoms with Crippen LogP contribution in [0.1, 0.15) is 5.56 Å².